The van der Waals surface area contributed by atoms with E-state index in [1.165, 1.54) is 0 Å². The molecule has 4 nitrogen and oxygen atoms in total. The second-order valence-electron chi connectivity index (χ2n) is 5.11. The third-order valence-electron chi connectivity index (χ3n) is 3.80. The van der Waals surface area contributed by atoms with Gasteiger partial charge in [0, 0.05) is 16.0 Å². The van der Waals surface area contributed by atoms with Gasteiger partial charge in [-0.3, -0.25) is 4.79 Å². The van der Waals surface area contributed by atoms with Crippen LogP contribution in [0.15, 0.2) is 33.5 Å². The molecule has 20 heavy (non-hydrogen) atoms. The van der Waals surface area contributed by atoms with Crippen LogP contribution in [-0.4, -0.2) is 15.1 Å². The Morgan fingerprint density at radius 3 is 2.60 bits per heavy atom. The third kappa shape index (κ3) is 2.38. The highest BCUT2D eigenvalue weighted by molar-refractivity contribution is 9.10. The first kappa shape index (κ1) is 13.4. The SMILES string of the molecule is O=c1[nH]c(C2CCCC2)nc(O)c1-c1ccccc1Br. The number of aromatic nitrogens is 2. The van der Waals surface area contributed by atoms with E-state index in [1.54, 1.807) is 6.07 Å². The molecule has 0 spiro atoms. The number of halogens is 1. The van der Waals surface area contributed by atoms with Gasteiger partial charge in [-0.2, -0.15) is 4.98 Å². The van der Waals surface area contributed by atoms with Gasteiger partial charge in [-0.15, -0.1) is 0 Å². The molecule has 0 amide bonds. The summed E-state index contributed by atoms with van der Waals surface area (Å²) in [4.78, 5) is 19.3. The van der Waals surface area contributed by atoms with E-state index in [-0.39, 0.29) is 22.9 Å². The van der Waals surface area contributed by atoms with Gasteiger partial charge in [-0.25, -0.2) is 0 Å². The summed E-state index contributed by atoms with van der Waals surface area (Å²) < 4.78 is 0.760. The maximum Gasteiger partial charge on any atom is 0.262 e. The number of nitrogens with one attached hydrogen (secondary N) is 1. The smallest absolute Gasteiger partial charge is 0.262 e. The molecule has 1 aromatic carbocycles. The van der Waals surface area contributed by atoms with Crippen LogP contribution in [0.25, 0.3) is 11.1 Å². The van der Waals surface area contributed by atoms with Crippen molar-refractivity contribution in [2.45, 2.75) is 31.6 Å². The second kappa shape index (κ2) is 5.40. The van der Waals surface area contributed by atoms with Crippen molar-refractivity contribution in [3.8, 4) is 17.0 Å². The summed E-state index contributed by atoms with van der Waals surface area (Å²) in [5, 5.41) is 10.2. The molecule has 1 aromatic heterocycles. The molecule has 5 heteroatoms. The van der Waals surface area contributed by atoms with E-state index in [0.717, 1.165) is 30.2 Å². The van der Waals surface area contributed by atoms with Gasteiger partial charge in [0.2, 0.25) is 5.88 Å². The largest absolute Gasteiger partial charge is 0.493 e. The minimum atomic E-state index is -0.286. The molecule has 1 aliphatic rings. The first-order chi connectivity index (χ1) is 9.66. The molecule has 0 unspecified atom stereocenters. The molecule has 0 bridgehead atoms. The molecule has 0 saturated heterocycles. The lowest BCUT2D eigenvalue weighted by Crippen LogP contribution is -2.15. The van der Waals surface area contributed by atoms with Crippen molar-refractivity contribution in [1.82, 2.24) is 9.97 Å². The minimum absolute atomic E-state index is 0.192. The standard InChI is InChI=1S/C15H15BrN2O2/c16-11-8-4-3-7-10(11)12-14(19)17-13(18-15(12)20)9-5-1-2-6-9/h3-4,7-9H,1-2,5-6H2,(H2,17,18,19,20). The maximum atomic E-state index is 12.3. The van der Waals surface area contributed by atoms with Crippen molar-refractivity contribution >= 4 is 15.9 Å². The molecule has 3 rings (SSSR count). The lowest BCUT2D eigenvalue weighted by atomic mass is 10.1. The highest BCUT2D eigenvalue weighted by Gasteiger charge is 2.22. The van der Waals surface area contributed by atoms with Gasteiger partial charge < -0.3 is 10.1 Å². The van der Waals surface area contributed by atoms with Crippen LogP contribution in [0.5, 0.6) is 5.88 Å². The van der Waals surface area contributed by atoms with Crippen LogP contribution in [0.3, 0.4) is 0 Å². The van der Waals surface area contributed by atoms with E-state index in [1.807, 2.05) is 18.2 Å². The zero-order chi connectivity index (χ0) is 14.1. The summed E-state index contributed by atoms with van der Waals surface area (Å²) in [6, 6.07) is 7.30. The number of hydrogen-bond acceptors (Lipinski definition) is 3. The number of aromatic hydroxyl groups is 1. The molecule has 0 atom stereocenters. The Hall–Kier alpha value is -1.62. The third-order valence-corrected chi connectivity index (χ3v) is 4.50. The van der Waals surface area contributed by atoms with E-state index in [9.17, 15) is 9.90 Å². The van der Waals surface area contributed by atoms with Crippen LogP contribution in [0, 0.1) is 0 Å². The van der Waals surface area contributed by atoms with Crippen molar-refractivity contribution in [3.63, 3.8) is 0 Å². The lowest BCUT2D eigenvalue weighted by Gasteiger charge is -2.11. The Morgan fingerprint density at radius 2 is 1.95 bits per heavy atom. The fourth-order valence-corrected chi connectivity index (χ4v) is 3.26. The fourth-order valence-electron chi connectivity index (χ4n) is 2.78. The van der Waals surface area contributed by atoms with Gasteiger partial charge in [0.25, 0.3) is 5.56 Å². The number of benzene rings is 1. The van der Waals surface area contributed by atoms with Crippen molar-refractivity contribution in [2.24, 2.45) is 0 Å². The van der Waals surface area contributed by atoms with E-state index in [4.69, 9.17) is 0 Å². The average Bonchev–Trinajstić information content (AvgIpc) is 2.94. The fraction of sp³-hybridized carbons (Fsp3) is 0.333. The van der Waals surface area contributed by atoms with E-state index >= 15 is 0 Å². The summed E-state index contributed by atoms with van der Waals surface area (Å²) >= 11 is 3.39. The number of rotatable bonds is 2. The predicted molar refractivity (Wildman–Crippen MR) is 80.9 cm³/mol. The van der Waals surface area contributed by atoms with Crippen LogP contribution in [-0.2, 0) is 0 Å². The van der Waals surface area contributed by atoms with Crippen molar-refractivity contribution in [2.75, 3.05) is 0 Å². The quantitative estimate of drug-likeness (QED) is 0.882. The molecule has 0 aliphatic heterocycles. The van der Waals surface area contributed by atoms with Gasteiger partial charge in [-0.1, -0.05) is 47.0 Å². The van der Waals surface area contributed by atoms with Crippen LogP contribution >= 0.6 is 15.9 Å². The molecule has 0 radical (unpaired) electrons. The monoisotopic (exact) mass is 334 g/mol. The molecule has 1 fully saturated rings. The van der Waals surface area contributed by atoms with E-state index in [0.29, 0.717) is 11.4 Å². The molecule has 104 valence electrons. The second-order valence-corrected chi connectivity index (χ2v) is 5.97. The highest BCUT2D eigenvalue weighted by atomic mass is 79.9. The Bertz CT molecular complexity index is 691. The van der Waals surface area contributed by atoms with Crippen molar-refractivity contribution in [1.29, 1.82) is 0 Å². The van der Waals surface area contributed by atoms with Crippen molar-refractivity contribution < 1.29 is 5.11 Å². The summed E-state index contributed by atoms with van der Waals surface area (Å²) in [5.41, 5.74) is 0.585. The van der Waals surface area contributed by atoms with Gasteiger partial charge in [0.15, 0.2) is 0 Å². The molecule has 1 heterocycles. The van der Waals surface area contributed by atoms with E-state index < -0.39 is 0 Å². The van der Waals surface area contributed by atoms with Gasteiger partial charge >= 0.3 is 0 Å². The van der Waals surface area contributed by atoms with Gasteiger partial charge in [0.1, 0.15) is 11.4 Å². The number of H-pyrrole nitrogens is 1. The molecular formula is C15H15BrN2O2. The molecule has 2 N–H and O–H groups in total. The number of nitrogens with zero attached hydrogens (tertiary/aromatic N) is 1. The van der Waals surface area contributed by atoms with Crippen molar-refractivity contribution in [3.05, 3.63) is 44.9 Å². The summed E-state index contributed by atoms with van der Waals surface area (Å²) in [5.74, 6) is 0.685. The summed E-state index contributed by atoms with van der Waals surface area (Å²) in [6.45, 7) is 0. The minimum Gasteiger partial charge on any atom is -0.493 e. The number of hydrogen-bond donors (Lipinski definition) is 2. The Balaban J connectivity index is 2.10. The number of aromatic amines is 1. The Labute approximate surface area is 125 Å². The van der Waals surface area contributed by atoms with Crippen LogP contribution in [0.1, 0.15) is 37.4 Å². The van der Waals surface area contributed by atoms with Gasteiger partial charge in [-0.05, 0) is 18.9 Å². The molecule has 2 aromatic rings. The molecular weight excluding hydrogens is 320 g/mol. The predicted octanol–water partition coefficient (Wildman–Crippen LogP) is 3.56. The summed E-state index contributed by atoms with van der Waals surface area (Å²) in [7, 11) is 0. The Kier molecular flexibility index (Phi) is 3.61. The first-order valence-electron chi connectivity index (χ1n) is 6.75. The normalized spacial score (nSPS) is 15.7. The van der Waals surface area contributed by atoms with E-state index in [2.05, 4.69) is 25.9 Å². The maximum absolute atomic E-state index is 12.3. The molecule has 1 aliphatic carbocycles. The average molecular weight is 335 g/mol. The zero-order valence-corrected chi connectivity index (χ0v) is 12.5. The lowest BCUT2D eigenvalue weighted by molar-refractivity contribution is 0.446. The Morgan fingerprint density at radius 1 is 1.25 bits per heavy atom. The summed E-state index contributed by atoms with van der Waals surface area (Å²) in [6.07, 6.45) is 4.36. The van der Waals surface area contributed by atoms with Gasteiger partial charge in [0.05, 0.1) is 0 Å². The highest BCUT2D eigenvalue weighted by Crippen LogP contribution is 2.34. The van der Waals surface area contributed by atoms with Crippen LogP contribution < -0.4 is 5.56 Å². The first-order valence-corrected chi connectivity index (χ1v) is 7.54. The topological polar surface area (TPSA) is 66.0 Å². The van der Waals surface area contributed by atoms with Crippen LogP contribution in [0.2, 0.25) is 0 Å². The zero-order valence-electron chi connectivity index (χ0n) is 10.9. The molecule has 1 saturated carbocycles. The van der Waals surface area contributed by atoms with Crippen LogP contribution in [0.4, 0.5) is 0 Å².